The second-order valence-electron chi connectivity index (χ2n) is 6.60. The van der Waals surface area contributed by atoms with E-state index in [2.05, 4.69) is 20.3 Å². The first-order valence-electron chi connectivity index (χ1n) is 8.52. The van der Waals surface area contributed by atoms with E-state index >= 15 is 0 Å². The van der Waals surface area contributed by atoms with E-state index in [9.17, 15) is 13.6 Å². The molecule has 1 saturated carbocycles. The lowest BCUT2D eigenvalue weighted by molar-refractivity contribution is 0.102. The quantitative estimate of drug-likeness (QED) is 0.806. The number of anilines is 1. The minimum absolute atomic E-state index is 0.0207. The molecule has 1 aromatic carbocycles. The maximum Gasteiger partial charge on any atom is 0.283 e. The van der Waals surface area contributed by atoms with Crippen molar-refractivity contribution in [1.82, 2.24) is 9.97 Å². The molecule has 2 aromatic rings. The zero-order chi connectivity index (χ0) is 19.9. The lowest BCUT2D eigenvalue weighted by Gasteiger charge is -2.31. The molecule has 1 aliphatic heterocycles. The Morgan fingerprint density at radius 1 is 1.43 bits per heavy atom. The summed E-state index contributed by atoms with van der Waals surface area (Å²) in [5.74, 6) is -1.23. The Kier molecular flexibility index (Phi) is 4.33. The van der Waals surface area contributed by atoms with Gasteiger partial charge in [0.1, 0.15) is 29.8 Å². The average Bonchev–Trinajstić information content (AvgIpc) is 3.48. The van der Waals surface area contributed by atoms with E-state index in [1.165, 1.54) is 31.6 Å². The van der Waals surface area contributed by atoms with Crippen molar-refractivity contribution in [2.45, 2.75) is 18.1 Å². The van der Waals surface area contributed by atoms with Crippen LogP contribution in [0, 0.1) is 11.7 Å². The normalized spacial score (nSPS) is 25.2. The SMILES string of the molecule is COc1cnc(C(=O)Nc2ccc(F)c([C@@]3(CF)N=C(N)O[C@@H]4C[C@@H]43)c2)cn1. The second-order valence-corrected chi connectivity index (χ2v) is 6.60. The number of aliphatic imine (C=N–C) groups is 1. The molecule has 10 heteroatoms. The molecule has 3 atom stereocenters. The molecule has 3 N–H and O–H groups in total. The van der Waals surface area contributed by atoms with Crippen LogP contribution in [0.1, 0.15) is 22.5 Å². The lowest BCUT2D eigenvalue weighted by atomic mass is 9.85. The van der Waals surface area contributed by atoms with Crippen molar-refractivity contribution in [3.8, 4) is 5.88 Å². The number of aromatic nitrogens is 2. The summed E-state index contributed by atoms with van der Waals surface area (Å²) in [6.45, 7) is -0.934. The molecular weight excluding hydrogens is 372 g/mol. The smallest absolute Gasteiger partial charge is 0.283 e. The Labute approximate surface area is 158 Å². The molecule has 146 valence electrons. The molecule has 4 rings (SSSR count). The van der Waals surface area contributed by atoms with Crippen LogP contribution in [0.15, 0.2) is 35.6 Å². The van der Waals surface area contributed by atoms with Gasteiger partial charge >= 0.3 is 0 Å². The van der Waals surface area contributed by atoms with Crippen molar-refractivity contribution in [2.75, 3.05) is 19.1 Å². The highest BCUT2D eigenvalue weighted by Crippen LogP contribution is 2.53. The summed E-state index contributed by atoms with van der Waals surface area (Å²) in [4.78, 5) is 24.3. The molecule has 0 saturated heterocycles. The van der Waals surface area contributed by atoms with Crippen LogP contribution in [-0.2, 0) is 10.3 Å². The standard InChI is InChI=1S/C18H17F2N5O3/c1-27-15-7-22-13(6-23-15)16(26)24-9-2-3-12(20)10(4-9)18(8-19)11-5-14(11)28-17(21)25-18/h2-4,6-7,11,14H,5,8H2,1H3,(H2,21,25)(H,24,26)/t11-,14+,18+/m0/s1. The number of fused-ring (bicyclic) bond motifs is 1. The maximum absolute atomic E-state index is 14.6. The van der Waals surface area contributed by atoms with Crippen molar-refractivity contribution >= 4 is 17.6 Å². The number of nitrogens with zero attached hydrogens (tertiary/aromatic N) is 3. The Hall–Kier alpha value is -3.30. The van der Waals surface area contributed by atoms with Crippen molar-refractivity contribution in [1.29, 1.82) is 0 Å². The summed E-state index contributed by atoms with van der Waals surface area (Å²) in [7, 11) is 1.43. The molecule has 2 aliphatic rings. The van der Waals surface area contributed by atoms with Crippen LogP contribution in [0.3, 0.4) is 0 Å². The number of nitrogens with one attached hydrogen (secondary N) is 1. The minimum atomic E-state index is -1.46. The van der Waals surface area contributed by atoms with Gasteiger partial charge in [0, 0.05) is 17.2 Å². The number of hydrogen-bond donors (Lipinski definition) is 2. The Balaban J connectivity index is 1.64. The van der Waals surface area contributed by atoms with Gasteiger partial charge in [0.25, 0.3) is 11.9 Å². The molecule has 1 aromatic heterocycles. The van der Waals surface area contributed by atoms with Gasteiger partial charge in [0.05, 0.1) is 19.5 Å². The first-order valence-corrected chi connectivity index (χ1v) is 8.52. The molecule has 1 fully saturated rings. The highest BCUT2D eigenvalue weighted by molar-refractivity contribution is 6.02. The van der Waals surface area contributed by atoms with E-state index in [-0.39, 0.29) is 40.9 Å². The third-order valence-corrected chi connectivity index (χ3v) is 4.89. The van der Waals surface area contributed by atoms with Crippen LogP contribution in [0.5, 0.6) is 5.88 Å². The van der Waals surface area contributed by atoms with E-state index < -0.39 is 23.9 Å². The molecule has 0 bridgehead atoms. The highest BCUT2D eigenvalue weighted by atomic mass is 19.1. The maximum atomic E-state index is 14.6. The van der Waals surface area contributed by atoms with E-state index in [1.54, 1.807) is 0 Å². The van der Waals surface area contributed by atoms with Gasteiger partial charge in [-0.3, -0.25) is 4.79 Å². The summed E-state index contributed by atoms with van der Waals surface area (Å²) < 4.78 is 38.8. The number of ether oxygens (including phenoxy) is 2. The van der Waals surface area contributed by atoms with Gasteiger partial charge in [0.15, 0.2) is 0 Å². The zero-order valence-corrected chi connectivity index (χ0v) is 14.9. The number of alkyl halides is 1. The Morgan fingerprint density at radius 2 is 2.25 bits per heavy atom. The van der Waals surface area contributed by atoms with Gasteiger partial charge in [-0.05, 0) is 24.6 Å². The second kappa shape index (κ2) is 6.70. The highest BCUT2D eigenvalue weighted by Gasteiger charge is 2.60. The fourth-order valence-corrected chi connectivity index (χ4v) is 3.40. The number of hydrogen-bond acceptors (Lipinski definition) is 7. The van der Waals surface area contributed by atoms with Crippen molar-refractivity contribution in [3.63, 3.8) is 0 Å². The summed E-state index contributed by atoms with van der Waals surface area (Å²) >= 11 is 0. The van der Waals surface area contributed by atoms with Gasteiger partial charge in [-0.25, -0.2) is 23.7 Å². The molecule has 2 heterocycles. The lowest BCUT2D eigenvalue weighted by Crippen LogP contribution is -2.39. The predicted molar refractivity (Wildman–Crippen MR) is 95.2 cm³/mol. The van der Waals surface area contributed by atoms with Crippen LogP contribution in [0.2, 0.25) is 0 Å². The number of halogens is 2. The molecule has 0 radical (unpaired) electrons. The van der Waals surface area contributed by atoms with Gasteiger partial charge in [0.2, 0.25) is 5.88 Å². The van der Waals surface area contributed by atoms with Crippen LogP contribution in [0.25, 0.3) is 0 Å². The Morgan fingerprint density at radius 3 is 2.93 bits per heavy atom. The fourth-order valence-electron chi connectivity index (χ4n) is 3.40. The first-order chi connectivity index (χ1) is 13.5. The molecule has 28 heavy (non-hydrogen) atoms. The number of carbonyl (C=O) groups is 1. The van der Waals surface area contributed by atoms with E-state index in [0.717, 1.165) is 6.07 Å². The van der Waals surface area contributed by atoms with E-state index in [0.29, 0.717) is 6.42 Å². The number of nitrogens with two attached hydrogens (primary N) is 1. The number of amidine groups is 1. The number of amides is 1. The van der Waals surface area contributed by atoms with E-state index in [4.69, 9.17) is 15.2 Å². The number of benzene rings is 1. The molecule has 1 amide bonds. The van der Waals surface area contributed by atoms with E-state index in [1.807, 2.05) is 0 Å². The molecular formula is C18H17F2N5O3. The Bertz CT molecular complexity index is 953. The largest absolute Gasteiger partial charge is 0.480 e. The van der Waals surface area contributed by atoms with Gasteiger partial charge in [-0.2, -0.15) is 0 Å². The van der Waals surface area contributed by atoms with Crippen LogP contribution < -0.4 is 15.8 Å². The summed E-state index contributed by atoms with van der Waals surface area (Å²) in [6.07, 6.45) is 2.81. The van der Waals surface area contributed by atoms with Gasteiger partial charge in [-0.1, -0.05) is 0 Å². The van der Waals surface area contributed by atoms with Crippen LogP contribution >= 0.6 is 0 Å². The monoisotopic (exact) mass is 389 g/mol. The zero-order valence-electron chi connectivity index (χ0n) is 14.9. The number of rotatable bonds is 5. The third kappa shape index (κ3) is 3.00. The fraction of sp³-hybridized carbons (Fsp3) is 0.333. The van der Waals surface area contributed by atoms with Gasteiger partial charge in [-0.15, -0.1) is 0 Å². The molecule has 0 unspecified atom stereocenters. The molecule has 1 aliphatic carbocycles. The number of carbonyl (C=O) groups excluding carboxylic acids is 1. The minimum Gasteiger partial charge on any atom is -0.480 e. The third-order valence-electron chi connectivity index (χ3n) is 4.89. The van der Waals surface area contributed by atoms with Crippen LogP contribution in [-0.4, -0.2) is 41.8 Å². The van der Waals surface area contributed by atoms with Crippen molar-refractivity contribution in [2.24, 2.45) is 16.6 Å². The average molecular weight is 389 g/mol. The first kappa shape index (κ1) is 18.1. The van der Waals surface area contributed by atoms with Crippen LogP contribution in [0.4, 0.5) is 14.5 Å². The topological polar surface area (TPSA) is 112 Å². The predicted octanol–water partition coefficient (Wildman–Crippen LogP) is 1.77. The summed E-state index contributed by atoms with van der Waals surface area (Å²) in [5, 5.41) is 2.60. The van der Waals surface area contributed by atoms with Crippen molar-refractivity contribution < 1.29 is 23.0 Å². The summed E-state index contributed by atoms with van der Waals surface area (Å²) in [5.41, 5.74) is 4.52. The van der Waals surface area contributed by atoms with Crippen molar-refractivity contribution in [3.05, 3.63) is 47.7 Å². The number of methoxy groups -OCH3 is 1. The molecule has 0 spiro atoms. The van der Waals surface area contributed by atoms with Gasteiger partial charge < -0.3 is 20.5 Å². The molecule has 8 nitrogen and oxygen atoms in total. The summed E-state index contributed by atoms with van der Waals surface area (Å²) in [6, 6.07) is 3.72.